The van der Waals surface area contributed by atoms with E-state index < -0.39 is 12.3 Å². The molecule has 0 atom stereocenters. The summed E-state index contributed by atoms with van der Waals surface area (Å²) in [4.78, 5) is 11.0. The van der Waals surface area contributed by atoms with Crippen molar-refractivity contribution in [1.29, 1.82) is 0 Å². The molecule has 0 fully saturated rings. The van der Waals surface area contributed by atoms with Crippen LogP contribution in [-0.2, 0) is 14.3 Å². The lowest BCUT2D eigenvalue weighted by atomic mass is 10.2. The SMILES string of the molecule is CCC/C([Si])=C(/C(=O)[O-])C(OCC)OCC. The maximum Gasteiger partial charge on any atom is 0.185 e. The molecule has 16 heavy (non-hydrogen) atoms. The number of ether oxygens (including phenoxy) is 2. The van der Waals surface area contributed by atoms with Gasteiger partial charge in [0.05, 0.1) is 16.2 Å². The average Bonchev–Trinajstić information content (AvgIpc) is 2.18. The Balaban J connectivity index is 4.97. The Morgan fingerprint density at radius 2 is 1.75 bits per heavy atom. The molecule has 0 heterocycles. The molecule has 3 radical (unpaired) electrons. The summed E-state index contributed by atoms with van der Waals surface area (Å²) in [5.41, 5.74) is 0.0437. The average molecular weight is 242 g/mol. The van der Waals surface area contributed by atoms with Gasteiger partial charge in [-0.2, -0.15) is 0 Å². The number of carboxylic acids is 1. The van der Waals surface area contributed by atoms with Gasteiger partial charge < -0.3 is 19.4 Å². The molecule has 0 rings (SSSR count). The van der Waals surface area contributed by atoms with Gasteiger partial charge in [0, 0.05) is 18.8 Å². The molecule has 0 saturated heterocycles. The fourth-order valence-corrected chi connectivity index (χ4v) is 1.73. The van der Waals surface area contributed by atoms with Crippen LogP contribution in [-0.4, -0.2) is 35.7 Å². The van der Waals surface area contributed by atoms with Crippen LogP contribution in [0.25, 0.3) is 0 Å². The molecule has 0 unspecified atom stereocenters. The fraction of sp³-hybridized carbons (Fsp3) is 0.727. The summed E-state index contributed by atoms with van der Waals surface area (Å²) in [5, 5.41) is 11.6. The van der Waals surface area contributed by atoms with Crippen molar-refractivity contribution in [1.82, 2.24) is 0 Å². The number of hydrogen-bond acceptors (Lipinski definition) is 4. The third-order valence-electron chi connectivity index (χ3n) is 1.92. The Kier molecular flexibility index (Phi) is 8.15. The lowest BCUT2D eigenvalue weighted by Gasteiger charge is -2.23. The third-order valence-corrected chi connectivity index (χ3v) is 2.44. The van der Waals surface area contributed by atoms with Gasteiger partial charge in [-0.1, -0.05) is 18.5 Å². The smallest absolute Gasteiger partial charge is 0.185 e. The van der Waals surface area contributed by atoms with E-state index in [0.717, 1.165) is 6.42 Å². The first-order valence-corrected chi connectivity index (χ1v) is 5.97. The second kappa shape index (κ2) is 8.49. The maximum absolute atomic E-state index is 11.0. The van der Waals surface area contributed by atoms with Crippen molar-refractivity contribution < 1.29 is 19.4 Å². The largest absolute Gasteiger partial charge is 0.545 e. The molecular formula is C11H18O4Si-. The molecule has 0 aliphatic heterocycles. The molecule has 0 aliphatic carbocycles. The molecule has 0 bridgehead atoms. The Morgan fingerprint density at radius 1 is 1.25 bits per heavy atom. The monoisotopic (exact) mass is 242 g/mol. The van der Waals surface area contributed by atoms with Crippen LogP contribution in [0.5, 0.6) is 0 Å². The summed E-state index contributed by atoms with van der Waals surface area (Å²) in [7, 11) is 3.30. The van der Waals surface area contributed by atoms with Crippen LogP contribution in [0.4, 0.5) is 0 Å². The molecule has 0 aromatic rings. The number of aliphatic carboxylic acids is 1. The van der Waals surface area contributed by atoms with Gasteiger partial charge in [-0.3, -0.25) is 0 Å². The van der Waals surface area contributed by atoms with Crippen LogP contribution in [0.15, 0.2) is 10.8 Å². The first-order chi connectivity index (χ1) is 7.58. The highest BCUT2D eigenvalue weighted by molar-refractivity contribution is 6.24. The summed E-state index contributed by atoms with van der Waals surface area (Å²) in [5.74, 6) is -1.26. The Labute approximate surface area is 100 Å². The van der Waals surface area contributed by atoms with E-state index in [4.69, 9.17) is 9.47 Å². The van der Waals surface area contributed by atoms with E-state index >= 15 is 0 Å². The van der Waals surface area contributed by atoms with Crippen molar-refractivity contribution in [2.75, 3.05) is 13.2 Å². The fourth-order valence-electron chi connectivity index (χ4n) is 1.26. The zero-order valence-electron chi connectivity index (χ0n) is 10.0. The molecule has 0 aliphatic rings. The van der Waals surface area contributed by atoms with Crippen LogP contribution in [0, 0.1) is 0 Å². The van der Waals surface area contributed by atoms with Crippen molar-refractivity contribution in [3.63, 3.8) is 0 Å². The summed E-state index contributed by atoms with van der Waals surface area (Å²) in [6.45, 7) is 6.29. The number of hydrogen-bond donors (Lipinski definition) is 0. The van der Waals surface area contributed by atoms with Crippen LogP contribution in [0.1, 0.15) is 33.6 Å². The number of carbonyl (C=O) groups excluding carboxylic acids is 1. The van der Waals surface area contributed by atoms with E-state index in [-0.39, 0.29) is 5.57 Å². The lowest BCUT2D eigenvalue weighted by molar-refractivity contribution is -0.302. The first kappa shape index (κ1) is 15.3. The predicted octanol–water partition coefficient (Wildman–Crippen LogP) is 0.358. The molecule has 5 heteroatoms. The minimum Gasteiger partial charge on any atom is -0.545 e. The zero-order valence-corrected chi connectivity index (χ0v) is 11.0. The van der Waals surface area contributed by atoms with Crippen molar-refractivity contribution in [2.24, 2.45) is 0 Å². The highest BCUT2D eigenvalue weighted by Gasteiger charge is 2.18. The summed E-state index contributed by atoms with van der Waals surface area (Å²) < 4.78 is 10.5. The van der Waals surface area contributed by atoms with Gasteiger partial charge in [-0.05, 0) is 20.3 Å². The van der Waals surface area contributed by atoms with Gasteiger partial charge in [0.15, 0.2) is 6.29 Å². The second-order valence-corrected chi connectivity index (χ2v) is 3.78. The highest BCUT2D eigenvalue weighted by Crippen LogP contribution is 2.15. The molecule has 0 N–H and O–H groups in total. The number of rotatable bonds is 8. The topological polar surface area (TPSA) is 58.6 Å². The maximum atomic E-state index is 11.0. The van der Waals surface area contributed by atoms with Crippen LogP contribution in [0.3, 0.4) is 0 Å². The normalized spacial score (nSPS) is 12.8. The minimum absolute atomic E-state index is 0.0437. The molecule has 4 nitrogen and oxygen atoms in total. The van der Waals surface area contributed by atoms with Crippen molar-refractivity contribution >= 4 is 16.2 Å². The summed E-state index contributed by atoms with van der Waals surface area (Å²) >= 11 is 0. The summed E-state index contributed by atoms with van der Waals surface area (Å²) in [6.07, 6.45) is 0.594. The highest BCUT2D eigenvalue weighted by atomic mass is 28.1. The predicted molar refractivity (Wildman–Crippen MR) is 59.7 cm³/mol. The van der Waals surface area contributed by atoms with E-state index in [9.17, 15) is 9.90 Å². The summed E-state index contributed by atoms with van der Waals surface area (Å²) in [6, 6.07) is 0. The van der Waals surface area contributed by atoms with Gasteiger partial charge in [-0.25, -0.2) is 0 Å². The molecule has 0 aromatic heterocycles. The van der Waals surface area contributed by atoms with E-state index in [1.807, 2.05) is 6.92 Å². The van der Waals surface area contributed by atoms with Crippen LogP contribution < -0.4 is 5.11 Å². The standard InChI is InChI=1S/C11H19O4Si/c1-4-7-8(16)9(10(12)13)11(14-5-2)15-6-3/h11H,4-7H2,1-3H3,(H,12,13)/p-1/b9-8+. The van der Waals surface area contributed by atoms with Crippen molar-refractivity contribution in [2.45, 2.75) is 39.9 Å². The van der Waals surface area contributed by atoms with E-state index in [1.54, 1.807) is 13.8 Å². The van der Waals surface area contributed by atoms with Crippen molar-refractivity contribution in [3.8, 4) is 0 Å². The molecule has 0 spiro atoms. The molecular weight excluding hydrogens is 224 g/mol. The van der Waals surface area contributed by atoms with Gasteiger partial charge in [0.25, 0.3) is 0 Å². The minimum atomic E-state index is -1.26. The second-order valence-electron chi connectivity index (χ2n) is 3.17. The van der Waals surface area contributed by atoms with E-state index in [0.29, 0.717) is 24.8 Å². The van der Waals surface area contributed by atoms with E-state index in [2.05, 4.69) is 10.2 Å². The molecule has 0 saturated carbocycles. The van der Waals surface area contributed by atoms with Gasteiger partial charge >= 0.3 is 0 Å². The van der Waals surface area contributed by atoms with Crippen LogP contribution in [0.2, 0.25) is 0 Å². The Bertz CT molecular complexity index is 244. The van der Waals surface area contributed by atoms with Crippen molar-refractivity contribution in [3.05, 3.63) is 10.8 Å². The molecule has 0 amide bonds. The zero-order chi connectivity index (χ0) is 12.6. The van der Waals surface area contributed by atoms with Crippen LogP contribution >= 0.6 is 0 Å². The number of carbonyl (C=O) groups is 1. The van der Waals surface area contributed by atoms with Gasteiger partial charge in [0.1, 0.15) is 0 Å². The number of carboxylic acid groups (broad SMARTS) is 1. The Morgan fingerprint density at radius 3 is 2.06 bits per heavy atom. The molecule has 0 aromatic carbocycles. The first-order valence-electron chi connectivity index (χ1n) is 5.47. The lowest BCUT2D eigenvalue weighted by Crippen LogP contribution is -2.35. The quantitative estimate of drug-likeness (QED) is 0.350. The van der Waals surface area contributed by atoms with Gasteiger partial charge in [-0.15, -0.1) is 0 Å². The Hall–Kier alpha value is -0.653. The van der Waals surface area contributed by atoms with Gasteiger partial charge in [0.2, 0.25) is 0 Å². The third kappa shape index (κ3) is 4.91. The number of allylic oxidation sites excluding steroid dienone is 1. The molecule has 91 valence electrons. The van der Waals surface area contributed by atoms with E-state index in [1.165, 1.54) is 0 Å².